The summed E-state index contributed by atoms with van der Waals surface area (Å²) in [4.78, 5) is 8.18. The zero-order valence-electron chi connectivity index (χ0n) is 13.1. The number of halogens is 3. The number of ether oxygens (including phenoxy) is 2. The number of fused-ring (bicyclic) bond motifs is 3. The van der Waals surface area contributed by atoms with Crippen LogP contribution in [0.3, 0.4) is 0 Å². The summed E-state index contributed by atoms with van der Waals surface area (Å²) in [5.74, 6) is 0. The molecule has 3 aliphatic rings. The van der Waals surface area contributed by atoms with Gasteiger partial charge < -0.3 is 14.7 Å². The van der Waals surface area contributed by atoms with E-state index >= 15 is 0 Å². The maximum Gasteiger partial charge on any atom is 0.433 e. The van der Waals surface area contributed by atoms with E-state index in [0.717, 1.165) is 24.6 Å². The molecule has 2 saturated heterocycles. The van der Waals surface area contributed by atoms with E-state index in [1.54, 1.807) is 0 Å². The van der Waals surface area contributed by atoms with Crippen LogP contribution in [0, 0.1) is 0 Å². The quantitative estimate of drug-likeness (QED) is 0.487. The fraction of sp³-hybridized carbons (Fsp3) is 0.667. The minimum absolute atomic E-state index is 0.0872. The molecule has 0 spiro atoms. The molecule has 3 atom stereocenters. The van der Waals surface area contributed by atoms with E-state index in [1.165, 1.54) is 0 Å². The van der Waals surface area contributed by atoms with Gasteiger partial charge in [-0.15, -0.1) is 0 Å². The van der Waals surface area contributed by atoms with Crippen molar-refractivity contribution in [2.75, 3.05) is 6.61 Å². The molecule has 1 aromatic heterocycles. The zero-order chi connectivity index (χ0) is 17.6. The Morgan fingerprint density at radius 1 is 1.20 bits per heavy atom. The average Bonchev–Trinajstić information content (AvgIpc) is 3.01. The number of hydrogen-bond acceptors (Lipinski definition) is 7. The molecular formula is C15H16F3N3O3S. The summed E-state index contributed by atoms with van der Waals surface area (Å²) in [6.45, 7) is 0.304. The van der Waals surface area contributed by atoms with Crippen LogP contribution in [-0.4, -0.2) is 45.1 Å². The van der Waals surface area contributed by atoms with Crippen LogP contribution in [-0.2, 0) is 28.5 Å². The van der Waals surface area contributed by atoms with Crippen LogP contribution in [0.2, 0.25) is 0 Å². The molecule has 10 heteroatoms. The summed E-state index contributed by atoms with van der Waals surface area (Å²) in [7, 11) is 0. The van der Waals surface area contributed by atoms with Crippen molar-refractivity contribution in [2.24, 2.45) is 5.16 Å². The smallest absolute Gasteiger partial charge is 0.411 e. The van der Waals surface area contributed by atoms with Gasteiger partial charge in [0.15, 0.2) is 10.9 Å². The van der Waals surface area contributed by atoms with Crippen LogP contribution in [0.5, 0.6) is 0 Å². The van der Waals surface area contributed by atoms with Crippen molar-refractivity contribution in [3.05, 3.63) is 17.0 Å². The molecule has 4 rings (SSSR count). The molecule has 0 unspecified atom stereocenters. The van der Waals surface area contributed by atoms with Crippen LogP contribution in [0.4, 0.5) is 13.2 Å². The van der Waals surface area contributed by atoms with Crippen LogP contribution in [0.25, 0.3) is 0 Å². The van der Waals surface area contributed by atoms with Gasteiger partial charge in [0, 0.05) is 22.9 Å². The van der Waals surface area contributed by atoms with E-state index < -0.39 is 18.2 Å². The van der Waals surface area contributed by atoms with Crippen LogP contribution in [0.1, 0.15) is 36.2 Å². The second-order valence-electron chi connectivity index (χ2n) is 6.28. The van der Waals surface area contributed by atoms with Crippen LogP contribution in [0.15, 0.2) is 10.3 Å². The number of hydrogen-bond donors (Lipinski definition) is 1. The maximum absolute atomic E-state index is 13.4. The van der Waals surface area contributed by atoms with Gasteiger partial charge in [-0.25, -0.2) is 9.97 Å². The highest BCUT2D eigenvalue weighted by molar-refractivity contribution is 7.99. The van der Waals surface area contributed by atoms with E-state index in [-0.39, 0.29) is 22.1 Å². The lowest BCUT2D eigenvalue weighted by Crippen LogP contribution is -2.37. The van der Waals surface area contributed by atoms with Gasteiger partial charge in [-0.3, -0.25) is 0 Å². The molecular weight excluding hydrogens is 359 g/mol. The third-order valence-electron chi connectivity index (χ3n) is 4.62. The summed E-state index contributed by atoms with van der Waals surface area (Å²) in [6.07, 6.45) is -2.64. The number of nitrogens with zero attached hydrogens (tertiary/aromatic N) is 3. The third-order valence-corrected chi connectivity index (χ3v) is 5.79. The monoisotopic (exact) mass is 375 g/mol. The first-order chi connectivity index (χ1) is 12.0. The molecule has 6 nitrogen and oxygen atoms in total. The summed E-state index contributed by atoms with van der Waals surface area (Å²) in [5.41, 5.74) is 0.225. The first-order valence-corrected chi connectivity index (χ1v) is 8.95. The first-order valence-electron chi connectivity index (χ1n) is 8.07. The van der Waals surface area contributed by atoms with Gasteiger partial charge >= 0.3 is 6.18 Å². The maximum atomic E-state index is 13.4. The van der Waals surface area contributed by atoms with Crippen molar-refractivity contribution in [2.45, 2.75) is 61.1 Å². The van der Waals surface area contributed by atoms with Gasteiger partial charge in [0.1, 0.15) is 5.71 Å². The predicted molar refractivity (Wildman–Crippen MR) is 81.8 cm³/mol. The van der Waals surface area contributed by atoms with E-state index in [9.17, 15) is 13.2 Å². The van der Waals surface area contributed by atoms with E-state index in [2.05, 4.69) is 15.1 Å². The lowest BCUT2D eigenvalue weighted by atomic mass is 9.94. The second-order valence-corrected chi connectivity index (χ2v) is 7.48. The Balaban J connectivity index is 1.64. The number of aromatic nitrogens is 2. The zero-order valence-corrected chi connectivity index (χ0v) is 13.9. The molecule has 2 aliphatic heterocycles. The largest absolute Gasteiger partial charge is 0.433 e. The van der Waals surface area contributed by atoms with Gasteiger partial charge in [-0.05, 0) is 25.7 Å². The fourth-order valence-corrected chi connectivity index (χ4v) is 4.55. The Morgan fingerprint density at radius 2 is 2.00 bits per heavy atom. The number of thioether (sulfide) groups is 1. The summed E-state index contributed by atoms with van der Waals surface area (Å²) in [6, 6.07) is 0. The van der Waals surface area contributed by atoms with Crippen LogP contribution < -0.4 is 0 Å². The minimum Gasteiger partial charge on any atom is -0.411 e. The number of aryl methyl sites for hydroxylation is 1. The van der Waals surface area contributed by atoms with E-state index in [4.69, 9.17) is 14.7 Å². The van der Waals surface area contributed by atoms with Crippen molar-refractivity contribution in [3.63, 3.8) is 0 Å². The van der Waals surface area contributed by atoms with E-state index in [1.807, 2.05) is 0 Å². The summed E-state index contributed by atoms with van der Waals surface area (Å²) in [5, 5.41) is 12.1. The Kier molecular flexibility index (Phi) is 4.37. The average molecular weight is 375 g/mol. The molecule has 0 aromatic carbocycles. The number of alkyl halides is 3. The first kappa shape index (κ1) is 17.0. The Labute approximate surface area is 145 Å². The molecule has 1 N–H and O–H groups in total. The topological polar surface area (TPSA) is 76.8 Å². The highest BCUT2D eigenvalue weighted by Crippen LogP contribution is 2.39. The van der Waals surface area contributed by atoms with E-state index in [0.29, 0.717) is 37.3 Å². The molecule has 2 bridgehead atoms. The second kappa shape index (κ2) is 6.40. The molecule has 0 saturated carbocycles. The number of oxime groups is 1. The molecule has 3 heterocycles. The molecule has 136 valence electrons. The SMILES string of the molecule is O/N=C1\C[C@H](Sc2nc3c(c(C(F)(F)F)n2)CCCC3)[C@@H]2CO[C@@H]1O2. The normalized spacial score (nSPS) is 30.5. The van der Waals surface area contributed by atoms with Gasteiger partial charge in [0.25, 0.3) is 0 Å². The summed E-state index contributed by atoms with van der Waals surface area (Å²) < 4.78 is 51.2. The van der Waals surface area contributed by atoms with Gasteiger partial charge in [-0.2, -0.15) is 13.2 Å². The van der Waals surface area contributed by atoms with Crippen molar-refractivity contribution < 1.29 is 27.9 Å². The lowest BCUT2D eigenvalue weighted by molar-refractivity contribution is -0.142. The molecule has 0 radical (unpaired) electrons. The van der Waals surface area contributed by atoms with Gasteiger partial charge in [0.05, 0.1) is 12.7 Å². The third kappa shape index (κ3) is 3.22. The predicted octanol–water partition coefficient (Wildman–Crippen LogP) is 2.81. The van der Waals surface area contributed by atoms with Crippen LogP contribution >= 0.6 is 11.8 Å². The lowest BCUT2D eigenvalue weighted by Gasteiger charge is -2.27. The molecule has 25 heavy (non-hydrogen) atoms. The Hall–Kier alpha value is -1.39. The molecule has 1 aromatic rings. The van der Waals surface area contributed by atoms with Crippen molar-refractivity contribution in [3.8, 4) is 0 Å². The fourth-order valence-electron chi connectivity index (χ4n) is 3.42. The summed E-state index contributed by atoms with van der Waals surface area (Å²) >= 11 is 1.13. The number of rotatable bonds is 2. The van der Waals surface area contributed by atoms with Gasteiger partial charge in [0.2, 0.25) is 6.29 Å². The van der Waals surface area contributed by atoms with Crippen molar-refractivity contribution >= 4 is 17.5 Å². The standard InChI is InChI=1S/C15H16F3N3O3S/c16-15(17,18)12-7-3-1-2-4-8(7)19-14(20-12)25-11-5-9(21-22)13-23-6-10(11)24-13/h10-11,13,22H,1-6H2/b21-9+/t10-,11-,13+/m0/s1. The molecule has 2 fully saturated rings. The highest BCUT2D eigenvalue weighted by Gasteiger charge is 2.44. The Morgan fingerprint density at radius 3 is 2.76 bits per heavy atom. The van der Waals surface area contributed by atoms with Crippen molar-refractivity contribution in [1.29, 1.82) is 0 Å². The van der Waals surface area contributed by atoms with Gasteiger partial charge in [-0.1, -0.05) is 16.9 Å². The minimum atomic E-state index is -4.50. The van der Waals surface area contributed by atoms with Crippen molar-refractivity contribution in [1.82, 2.24) is 9.97 Å². The Bertz CT molecular complexity index is 713. The molecule has 1 aliphatic carbocycles. The highest BCUT2D eigenvalue weighted by atomic mass is 32.2. The molecule has 0 amide bonds.